The van der Waals surface area contributed by atoms with Crippen LogP contribution in [0.25, 0.3) is 0 Å². The number of hydrogen-bond donors (Lipinski definition) is 1. The van der Waals surface area contributed by atoms with Gasteiger partial charge in [0.2, 0.25) is 0 Å². The molecule has 1 rings (SSSR count). The quantitative estimate of drug-likeness (QED) is 0.593. The zero-order valence-electron chi connectivity index (χ0n) is 10.7. The van der Waals surface area contributed by atoms with Crippen molar-refractivity contribution in [3.05, 3.63) is 24.3 Å². The molecule has 0 saturated carbocycles. The second-order valence-corrected chi connectivity index (χ2v) is 6.03. The second kappa shape index (κ2) is 6.76. The molecule has 0 aromatic heterocycles. The Labute approximate surface area is 104 Å². The van der Waals surface area contributed by atoms with Crippen molar-refractivity contribution in [2.24, 2.45) is 0 Å². The fourth-order valence-corrected chi connectivity index (χ4v) is 4.10. The first-order valence-corrected chi connectivity index (χ1v) is 7.68. The minimum Gasteiger partial charge on any atom is -0.399 e. The molecule has 0 atom stereocenters. The fourth-order valence-electron chi connectivity index (χ4n) is 1.63. The summed E-state index contributed by atoms with van der Waals surface area (Å²) < 4.78 is 17.4. The summed E-state index contributed by atoms with van der Waals surface area (Å²) in [5.41, 5.74) is 6.41. The summed E-state index contributed by atoms with van der Waals surface area (Å²) in [6.45, 7) is 7.52. The van der Waals surface area contributed by atoms with Crippen molar-refractivity contribution in [3.63, 3.8) is 0 Å². The zero-order valence-corrected chi connectivity index (χ0v) is 11.7. The summed E-state index contributed by atoms with van der Waals surface area (Å²) in [7, 11) is -2.75. The van der Waals surface area contributed by atoms with Gasteiger partial charge in [0, 0.05) is 30.7 Å². The van der Waals surface area contributed by atoms with Crippen LogP contribution >= 0.6 is 0 Å². The topological polar surface area (TPSA) is 53.7 Å². The molecule has 0 radical (unpaired) electrons. The van der Waals surface area contributed by atoms with Crippen molar-refractivity contribution in [2.75, 3.05) is 25.6 Å². The van der Waals surface area contributed by atoms with Gasteiger partial charge in [-0.3, -0.25) is 0 Å². The monoisotopic (exact) mass is 255 g/mol. The Balaban J connectivity index is 3.04. The Morgan fingerprint density at radius 2 is 1.29 bits per heavy atom. The lowest BCUT2D eigenvalue weighted by molar-refractivity contribution is 0.0859. The smallest absolute Gasteiger partial charge is 0.399 e. The molecule has 2 N–H and O–H groups in total. The third-order valence-corrected chi connectivity index (χ3v) is 5.31. The lowest BCUT2D eigenvalue weighted by Gasteiger charge is -2.28. The number of hydrogen-bond acceptors (Lipinski definition) is 4. The molecular formula is C12H21NO3Si. The zero-order chi connectivity index (χ0) is 12.7. The lowest BCUT2D eigenvalue weighted by Crippen LogP contribution is -2.56. The van der Waals surface area contributed by atoms with Crippen molar-refractivity contribution in [1.82, 2.24) is 0 Å². The highest BCUT2D eigenvalue weighted by atomic mass is 28.4. The maximum Gasteiger partial charge on any atom is 0.537 e. The van der Waals surface area contributed by atoms with E-state index in [1.807, 2.05) is 45.0 Å². The van der Waals surface area contributed by atoms with E-state index < -0.39 is 8.80 Å². The predicted octanol–water partition coefficient (Wildman–Crippen LogP) is 1.52. The Morgan fingerprint density at radius 1 is 0.882 bits per heavy atom. The molecule has 0 aliphatic heterocycles. The van der Waals surface area contributed by atoms with Crippen LogP contribution in [0.2, 0.25) is 0 Å². The summed E-state index contributed by atoms with van der Waals surface area (Å²) in [4.78, 5) is 0. The van der Waals surface area contributed by atoms with E-state index >= 15 is 0 Å². The number of nitrogen functional groups attached to an aromatic ring is 1. The molecule has 0 amide bonds. The summed E-state index contributed by atoms with van der Waals surface area (Å²) in [6, 6.07) is 7.52. The SMILES string of the molecule is CCO[Si](OCC)(OCC)c1ccc(N)cc1. The van der Waals surface area contributed by atoms with Gasteiger partial charge in [-0.15, -0.1) is 0 Å². The average Bonchev–Trinajstić information content (AvgIpc) is 2.30. The van der Waals surface area contributed by atoms with Gasteiger partial charge in [-0.25, -0.2) is 0 Å². The van der Waals surface area contributed by atoms with Crippen LogP contribution in [-0.2, 0) is 13.3 Å². The first-order chi connectivity index (χ1) is 8.18. The van der Waals surface area contributed by atoms with Crippen LogP contribution < -0.4 is 10.9 Å². The van der Waals surface area contributed by atoms with Crippen molar-refractivity contribution in [2.45, 2.75) is 20.8 Å². The van der Waals surface area contributed by atoms with Gasteiger partial charge in [0.1, 0.15) is 0 Å². The molecule has 4 nitrogen and oxygen atoms in total. The fraction of sp³-hybridized carbons (Fsp3) is 0.500. The van der Waals surface area contributed by atoms with Gasteiger partial charge < -0.3 is 19.0 Å². The number of anilines is 1. The molecule has 0 bridgehead atoms. The highest BCUT2D eigenvalue weighted by molar-refractivity contribution is 6.75. The number of nitrogens with two attached hydrogens (primary N) is 1. The highest BCUT2D eigenvalue weighted by Gasteiger charge is 2.42. The first-order valence-electron chi connectivity index (χ1n) is 5.96. The largest absolute Gasteiger partial charge is 0.537 e. The highest BCUT2D eigenvalue weighted by Crippen LogP contribution is 2.12. The second-order valence-electron chi connectivity index (χ2n) is 3.48. The average molecular weight is 255 g/mol. The molecule has 0 saturated heterocycles. The third-order valence-electron chi connectivity index (χ3n) is 2.27. The number of rotatable bonds is 7. The van der Waals surface area contributed by atoms with Crippen LogP contribution in [0.1, 0.15) is 20.8 Å². The lowest BCUT2D eigenvalue weighted by atomic mass is 10.3. The van der Waals surface area contributed by atoms with E-state index in [9.17, 15) is 0 Å². The van der Waals surface area contributed by atoms with Gasteiger partial charge in [-0.05, 0) is 32.9 Å². The molecule has 5 heteroatoms. The molecule has 1 aromatic rings. The maximum absolute atomic E-state index is 5.79. The summed E-state index contributed by atoms with van der Waals surface area (Å²) in [5, 5.41) is 0.956. The van der Waals surface area contributed by atoms with E-state index in [0.29, 0.717) is 19.8 Å². The number of benzene rings is 1. The van der Waals surface area contributed by atoms with Crippen molar-refractivity contribution >= 4 is 19.7 Å². The predicted molar refractivity (Wildman–Crippen MR) is 71.1 cm³/mol. The Morgan fingerprint density at radius 3 is 1.65 bits per heavy atom. The minimum atomic E-state index is -2.75. The van der Waals surface area contributed by atoms with Crippen LogP contribution in [0.5, 0.6) is 0 Å². The Hall–Kier alpha value is -0.883. The molecule has 0 spiro atoms. The van der Waals surface area contributed by atoms with E-state index in [4.69, 9.17) is 19.0 Å². The van der Waals surface area contributed by atoms with Crippen LogP contribution in [0.3, 0.4) is 0 Å². The molecular weight excluding hydrogens is 234 g/mol. The van der Waals surface area contributed by atoms with E-state index in [1.165, 1.54) is 0 Å². The Kier molecular flexibility index (Phi) is 5.63. The van der Waals surface area contributed by atoms with Crippen LogP contribution in [-0.4, -0.2) is 28.6 Å². The van der Waals surface area contributed by atoms with E-state index in [-0.39, 0.29) is 0 Å². The van der Waals surface area contributed by atoms with Gasteiger partial charge in [0.05, 0.1) is 0 Å². The van der Waals surface area contributed by atoms with Gasteiger partial charge >= 0.3 is 8.80 Å². The molecule has 17 heavy (non-hydrogen) atoms. The molecule has 0 fully saturated rings. The van der Waals surface area contributed by atoms with Crippen LogP contribution in [0.15, 0.2) is 24.3 Å². The molecule has 96 valence electrons. The standard InChI is InChI=1S/C12H21NO3Si/c1-4-14-17(15-5-2,16-6-3)12-9-7-11(13)8-10-12/h7-10H,4-6,13H2,1-3H3. The van der Waals surface area contributed by atoms with Gasteiger partial charge in [0.15, 0.2) is 0 Å². The first kappa shape index (κ1) is 14.2. The summed E-state index contributed by atoms with van der Waals surface area (Å²) >= 11 is 0. The molecule has 0 aliphatic rings. The van der Waals surface area contributed by atoms with Crippen molar-refractivity contribution in [1.29, 1.82) is 0 Å². The van der Waals surface area contributed by atoms with Crippen LogP contribution in [0.4, 0.5) is 5.69 Å². The summed E-state index contributed by atoms with van der Waals surface area (Å²) in [5.74, 6) is 0. The van der Waals surface area contributed by atoms with Gasteiger partial charge in [-0.2, -0.15) is 0 Å². The van der Waals surface area contributed by atoms with Crippen molar-refractivity contribution < 1.29 is 13.3 Å². The molecule has 0 unspecified atom stereocenters. The van der Waals surface area contributed by atoms with E-state index in [0.717, 1.165) is 10.9 Å². The molecule has 0 heterocycles. The van der Waals surface area contributed by atoms with Gasteiger partial charge in [0.25, 0.3) is 0 Å². The molecule has 1 aromatic carbocycles. The summed E-state index contributed by atoms with van der Waals surface area (Å²) in [6.07, 6.45) is 0. The Bertz CT molecular complexity index is 312. The van der Waals surface area contributed by atoms with Gasteiger partial charge in [-0.1, -0.05) is 12.1 Å². The van der Waals surface area contributed by atoms with E-state index in [2.05, 4.69) is 0 Å². The van der Waals surface area contributed by atoms with Crippen LogP contribution in [0, 0.1) is 0 Å². The maximum atomic E-state index is 5.79. The van der Waals surface area contributed by atoms with Crippen molar-refractivity contribution in [3.8, 4) is 0 Å². The minimum absolute atomic E-state index is 0.566. The normalized spacial score (nSPS) is 11.7. The van der Waals surface area contributed by atoms with E-state index in [1.54, 1.807) is 0 Å². The third kappa shape index (κ3) is 3.54. The molecule has 0 aliphatic carbocycles.